The van der Waals surface area contributed by atoms with Crippen molar-refractivity contribution in [3.05, 3.63) is 59.2 Å². The van der Waals surface area contributed by atoms with Gasteiger partial charge in [0, 0.05) is 17.5 Å². The first-order chi connectivity index (χ1) is 11.7. The highest BCUT2D eigenvalue weighted by atomic mass is 16.6. The normalized spacial score (nSPS) is 17.2. The van der Waals surface area contributed by atoms with E-state index in [1.165, 1.54) is 5.56 Å². The van der Waals surface area contributed by atoms with Crippen molar-refractivity contribution >= 4 is 5.91 Å². The van der Waals surface area contributed by atoms with E-state index in [1.807, 2.05) is 37.3 Å². The van der Waals surface area contributed by atoms with Gasteiger partial charge >= 0.3 is 0 Å². The van der Waals surface area contributed by atoms with Gasteiger partial charge in [0.25, 0.3) is 5.91 Å². The third-order valence-electron chi connectivity index (χ3n) is 4.99. The minimum absolute atomic E-state index is 0.00285. The van der Waals surface area contributed by atoms with Crippen LogP contribution in [0.4, 0.5) is 0 Å². The fourth-order valence-electron chi connectivity index (χ4n) is 3.26. The lowest BCUT2D eigenvalue weighted by Crippen LogP contribution is -2.32. The summed E-state index contributed by atoms with van der Waals surface area (Å²) in [5.74, 6) is 1.62. The van der Waals surface area contributed by atoms with Gasteiger partial charge in [0.05, 0.1) is 0 Å². The Balaban J connectivity index is 1.48. The summed E-state index contributed by atoms with van der Waals surface area (Å²) >= 11 is 0. The van der Waals surface area contributed by atoms with Gasteiger partial charge in [-0.2, -0.15) is 0 Å². The SMILES string of the molecule is Cc1ccccc1C(=O)NCC1(c2ccc3c(c2)OCCO3)CC1. The summed E-state index contributed by atoms with van der Waals surface area (Å²) < 4.78 is 11.3. The monoisotopic (exact) mass is 323 g/mol. The zero-order valence-electron chi connectivity index (χ0n) is 13.8. The molecule has 1 saturated carbocycles. The van der Waals surface area contributed by atoms with Crippen LogP contribution in [0.15, 0.2) is 42.5 Å². The Morgan fingerprint density at radius 3 is 2.58 bits per heavy atom. The number of carbonyl (C=O) groups is 1. The quantitative estimate of drug-likeness (QED) is 0.940. The second-order valence-electron chi connectivity index (χ2n) is 6.64. The second kappa shape index (κ2) is 5.86. The highest BCUT2D eigenvalue weighted by Gasteiger charge is 2.45. The molecule has 0 spiro atoms. The highest BCUT2D eigenvalue weighted by molar-refractivity contribution is 5.95. The molecule has 1 N–H and O–H groups in total. The lowest BCUT2D eigenvalue weighted by atomic mass is 9.95. The number of ether oxygens (including phenoxy) is 2. The first-order valence-electron chi connectivity index (χ1n) is 8.42. The number of hydrogen-bond donors (Lipinski definition) is 1. The maximum absolute atomic E-state index is 12.4. The first-order valence-corrected chi connectivity index (χ1v) is 8.42. The molecule has 0 saturated heterocycles. The number of aryl methyl sites for hydroxylation is 1. The molecule has 1 heterocycles. The summed E-state index contributed by atoms with van der Waals surface area (Å²) in [6.45, 7) is 3.81. The van der Waals surface area contributed by atoms with Gasteiger partial charge in [-0.15, -0.1) is 0 Å². The maximum Gasteiger partial charge on any atom is 0.251 e. The van der Waals surface area contributed by atoms with Gasteiger partial charge < -0.3 is 14.8 Å². The average Bonchev–Trinajstić information content (AvgIpc) is 3.41. The number of hydrogen-bond acceptors (Lipinski definition) is 3. The first kappa shape index (κ1) is 15.1. The van der Waals surface area contributed by atoms with Crippen molar-refractivity contribution in [1.82, 2.24) is 5.32 Å². The summed E-state index contributed by atoms with van der Waals surface area (Å²) in [7, 11) is 0. The molecule has 4 rings (SSSR count). The number of rotatable bonds is 4. The number of nitrogens with one attached hydrogen (secondary N) is 1. The maximum atomic E-state index is 12.4. The van der Waals surface area contributed by atoms with Crippen molar-refractivity contribution in [1.29, 1.82) is 0 Å². The topological polar surface area (TPSA) is 47.6 Å². The Bertz CT molecular complexity index is 780. The van der Waals surface area contributed by atoms with Gasteiger partial charge in [-0.1, -0.05) is 24.3 Å². The molecule has 1 aliphatic heterocycles. The minimum atomic E-state index is -0.00285. The van der Waals surface area contributed by atoms with Crippen molar-refractivity contribution in [2.24, 2.45) is 0 Å². The van der Waals surface area contributed by atoms with Gasteiger partial charge in [-0.3, -0.25) is 4.79 Å². The van der Waals surface area contributed by atoms with E-state index in [0.717, 1.165) is 35.5 Å². The van der Waals surface area contributed by atoms with Crippen molar-refractivity contribution in [3.8, 4) is 11.5 Å². The zero-order valence-corrected chi connectivity index (χ0v) is 13.8. The van der Waals surface area contributed by atoms with Crippen LogP contribution in [0.3, 0.4) is 0 Å². The summed E-state index contributed by atoms with van der Waals surface area (Å²) in [4.78, 5) is 12.4. The van der Waals surface area contributed by atoms with Gasteiger partial charge in [-0.05, 0) is 49.1 Å². The van der Waals surface area contributed by atoms with Gasteiger partial charge in [-0.25, -0.2) is 0 Å². The molecule has 4 heteroatoms. The van der Waals surface area contributed by atoms with E-state index in [0.29, 0.717) is 19.8 Å². The molecule has 4 nitrogen and oxygen atoms in total. The van der Waals surface area contributed by atoms with Gasteiger partial charge in [0.2, 0.25) is 0 Å². The van der Waals surface area contributed by atoms with E-state index in [2.05, 4.69) is 17.4 Å². The van der Waals surface area contributed by atoms with Gasteiger partial charge in [0.15, 0.2) is 11.5 Å². The molecule has 1 aliphatic carbocycles. The second-order valence-corrected chi connectivity index (χ2v) is 6.64. The molecule has 1 fully saturated rings. The molecule has 24 heavy (non-hydrogen) atoms. The lowest BCUT2D eigenvalue weighted by molar-refractivity contribution is 0.0949. The standard InChI is InChI=1S/C20H21NO3/c1-14-4-2-3-5-16(14)19(22)21-13-20(8-9-20)15-6-7-17-18(12-15)24-11-10-23-17/h2-7,12H,8-11,13H2,1H3,(H,21,22). The predicted octanol–water partition coefficient (Wildman–Crippen LogP) is 3.23. The number of carbonyl (C=O) groups excluding carboxylic acids is 1. The molecule has 124 valence electrons. The van der Waals surface area contributed by atoms with E-state index < -0.39 is 0 Å². The van der Waals surface area contributed by atoms with Crippen LogP contribution in [0.2, 0.25) is 0 Å². The molecule has 1 amide bonds. The molecule has 0 atom stereocenters. The number of fused-ring (bicyclic) bond motifs is 1. The molecular formula is C20H21NO3. The number of benzene rings is 2. The van der Waals surface area contributed by atoms with Gasteiger partial charge in [0.1, 0.15) is 13.2 Å². The Kier molecular flexibility index (Phi) is 3.68. The fourth-order valence-corrected chi connectivity index (χ4v) is 3.26. The molecule has 0 unspecified atom stereocenters. The summed E-state index contributed by atoms with van der Waals surface area (Å²) in [6.07, 6.45) is 2.17. The molecular weight excluding hydrogens is 302 g/mol. The third-order valence-corrected chi connectivity index (χ3v) is 4.99. The van der Waals surface area contributed by atoms with Crippen LogP contribution >= 0.6 is 0 Å². The highest BCUT2D eigenvalue weighted by Crippen LogP contribution is 2.49. The molecule has 2 aliphatic rings. The summed E-state index contributed by atoms with van der Waals surface area (Å²) in [5, 5.41) is 3.11. The molecule has 0 aromatic heterocycles. The van der Waals surface area contributed by atoms with E-state index in [-0.39, 0.29) is 11.3 Å². The minimum Gasteiger partial charge on any atom is -0.486 e. The predicted molar refractivity (Wildman–Crippen MR) is 91.9 cm³/mol. The summed E-state index contributed by atoms with van der Waals surface area (Å²) in [5.41, 5.74) is 3.00. The van der Waals surface area contributed by atoms with Crippen molar-refractivity contribution in [3.63, 3.8) is 0 Å². The fraction of sp³-hybridized carbons (Fsp3) is 0.350. The van der Waals surface area contributed by atoms with Crippen LogP contribution in [-0.2, 0) is 5.41 Å². The van der Waals surface area contributed by atoms with Crippen molar-refractivity contribution in [2.45, 2.75) is 25.2 Å². The van der Waals surface area contributed by atoms with Crippen molar-refractivity contribution in [2.75, 3.05) is 19.8 Å². The smallest absolute Gasteiger partial charge is 0.251 e. The Labute approximate surface area is 141 Å². The van der Waals surface area contributed by atoms with E-state index in [4.69, 9.17) is 9.47 Å². The van der Waals surface area contributed by atoms with Crippen LogP contribution in [0.5, 0.6) is 11.5 Å². The lowest BCUT2D eigenvalue weighted by Gasteiger charge is -2.22. The number of amides is 1. The van der Waals surface area contributed by atoms with E-state index in [1.54, 1.807) is 0 Å². The van der Waals surface area contributed by atoms with Crippen LogP contribution < -0.4 is 14.8 Å². The van der Waals surface area contributed by atoms with Crippen LogP contribution in [-0.4, -0.2) is 25.7 Å². The molecule has 2 aromatic rings. The Morgan fingerprint density at radius 1 is 1.08 bits per heavy atom. The molecule has 2 aromatic carbocycles. The van der Waals surface area contributed by atoms with E-state index in [9.17, 15) is 4.79 Å². The van der Waals surface area contributed by atoms with Crippen LogP contribution in [0.1, 0.15) is 34.3 Å². The third kappa shape index (κ3) is 2.73. The zero-order chi connectivity index (χ0) is 16.6. The van der Waals surface area contributed by atoms with Crippen LogP contribution in [0.25, 0.3) is 0 Å². The Morgan fingerprint density at radius 2 is 1.83 bits per heavy atom. The van der Waals surface area contributed by atoms with E-state index >= 15 is 0 Å². The summed E-state index contributed by atoms with van der Waals surface area (Å²) in [6, 6.07) is 13.8. The van der Waals surface area contributed by atoms with Crippen LogP contribution in [0, 0.1) is 6.92 Å². The largest absolute Gasteiger partial charge is 0.486 e. The Hall–Kier alpha value is -2.49. The van der Waals surface area contributed by atoms with Crippen molar-refractivity contribution < 1.29 is 14.3 Å². The molecule has 0 bridgehead atoms. The molecule has 0 radical (unpaired) electrons. The average molecular weight is 323 g/mol.